The molecule has 2 heterocycles. The molecule has 0 unspecified atom stereocenters. The van der Waals surface area contributed by atoms with Crippen LogP contribution in [0.4, 0.5) is 41.1 Å². The number of nitrogens with one attached hydrogen (secondary N) is 5. The smallest absolute Gasteiger partial charge is 0.233 e. The van der Waals surface area contributed by atoms with E-state index in [2.05, 4.69) is 165 Å². The minimum absolute atomic E-state index is 0.0719. The summed E-state index contributed by atoms with van der Waals surface area (Å²) in [5, 5.41) is 17.7. The summed E-state index contributed by atoms with van der Waals surface area (Å²) in [6.45, 7) is 44.4. The number of hydrogen-bond donors (Lipinski definition) is 5. The molecule has 15 heteroatoms. The average molecular weight is 1210 g/mol. The van der Waals surface area contributed by atoms with Crippen molar-refractivity contribution in [2.24, 2.45) is 27.1 Å². The highest BCUT2D eigenvalue weighted by Gasteiger charge is 2.40. The lowest BCUT2D eigenvalue weighted by molar-refractivity contribution is 0.0978. The Balaban J connectivity index is 1.27. The van der Waals surface area contributed by atoms with Crippen molar-refractivity contribution in [2.75, 3.05) is 26.6 Å². The van der Waals surface area contributed by atoms with Gasteiger partial charge in [-0.15, -0.1) is 0 Å². The van der Waals surface area contributed by atoms with Crippen LogP contribution in [0.3, 0.4) is 0 Å². The molecule has 0 atom stereocenters. The third-order valence-electron chi connectivity index (χ3n) is 18.9. The number of anilines is 7. The topological polar surface area (TPSA) is 206 Å². The number of nitrogens with zero attached hydrogens (tertiary/aromatic N) is 6. The van der Waals surface area contributed by atoms with E-state index in [0.717, 1.165) is 70.6 Å². The van der Waals surface area contributed by atoms with Crippen LogP contribution < -0.4 is 26.6 Å². The predicted molar refractivity (Wildman–Crippen MR) is 364 cm³/mol. The third kappa shape index (κ3) is 16.5. The summed E-state index contributed by atoms with van der Waals surface area (Å²) in [7, 11) is 0. The fraction of sp³-hybridized carbons (Fsp3) is 0.541. The van der Waals surface area contributed by atoms with Crippen LogP contribution in [0.5, 0.6) is 0 Å². The molecule has 8 rings (SSSR count). The minimum atomic E-state index is -0.419. The highest BCUT2D eigenvalue weighted by atomic mass is 16.1. The van der Waals surface area contributed by atoms with Gasteiger partial charge in [-0.1, -0.05) is 177 Å². The molecule has 476 valence electrons. The van der Waals surface area contributed by atoms with Gasteiger partial charge in [0.1, 0.15) is 5.82 Å². The monoisotopic (exact) mass is 1210 g/mol. The van der Waals surface area contributed by atoms with Crippen LogP contribution in [0.15, 0.2) is 72.8 Å². The van der Waals surface area contributed by atoms with Crippen molar-refractivity contribution >= 4 is 64.2 Å². The van der Waals surface area contributed by atoms with Crippen molar-refractivity contribution < 1.29 is 19.2 Å². The van der Waals surface area contributed by atoms with Gasteiger partial charge in [-0.25, -0.2) is 0 Å². The van der Waals surface area contributed by atoms with E-state index in [9.17, 15) is 0 Å². The molecular formula is C74H101N11O4. The molecule has 0 amide bonds. The van der Waals surface area contributed by atoms with Crippen molar-refractivity contribution in [3.05, 3.63) is 123 Å². The molecule has 6 aromatic rings. The Bertz CT molecular complexity index is 3610. The number of hydrogen-bond acceptors (Lipinski definition) is 15. The normalized spacial score (nSPS) is 14.0. The summed E-state index contributed by atoms with van der Waals surface area (Å²) in [5.41, 5.74) is 1.59. The summed E-state index contributed by atoms with van der Waals surface area (Å²) in [4.78, 5) is 91.4. The highest BCUT2D eigenvalue weighted by Crippen LogP contribution is 2.45. The summed E-state index contributed by atoms with van der Waals surface area (Å²) in [6.07, 6.45) is 11.1. The molecular weight excluding hydrogens is 1110 g/mol. The maximum absolute atomic E-state index is 15.4. The van der Waals surface area contributed by atoms with E-state index in [4.69, 9.17) is 29.9 Å². The van der Waals surface area contributed by atoms with Gasteiger partial charge in [0.25, 0.3) is 0 Å². The van der Waals surface area contributed by atoms with Crippen molar-refractivity contribution in [1.82, 2.24) is 29.9 Å². The lowest BCUT2D eigenvalue weighted by Crippen LogP contribution is -2.35. The maximum atomic E-state index is 15.4. The van der Waals surface area contributed by atoms with Gasteiger partial charge >= 0.3 is 0 Å². The molecule has 89 heavy (non-hydrogen) atoms. The summed E-state index contributed by atoms with van der Waals surface area (Å²) < 4.78 is 0. The SMILES string of the molecule is CCC(C)(C)CCC(C)(C)Nc1nc(CC(C)(C)CCC(C)(C)C)nc(Nc2ccc(-c3ccc(Nc4nc(NC(C)(C)CCC(C)(C)CC)nc(NC(C)(C)CCC(C)(C)CC)n4)c4c3C(=O)c3ccccc3C4=O)c3c2C(=O)c2ccccc2C3=O)n1. The average Bonchev–Trinajstić information content (AvgIpc) is 0.730. The molecule has 2 aliphatic rings. The summed E-state index contributed by atoms with van der Waals surface area (Å²) >= 11 is 0. The first kappa shape index (κ1) is 67.5. The van der Waals surface area contributed by atoms with Gasteiger partial charge in [-0.2, -0.15) is 29.9 Å². The minimum Gasteiger partial charge on any atom is -0.349 e. The van der Waals surface area contributed by atoms with Gasteiger partial charge in [0.05, 0.1) is 22.5 Å². The van der Waals surface area contributed by atoms with Gasteiger partial charge in [0.2, 0.25) is 29.7 Å². The van der Waals surface area contributed by atoms with Crippen LogP contribution in [0.2, 0.25) is 0 Å². The van der Waals surface area contributed by atoms with E-state index in [1.165, 1.54) is 0 Å². The van der Waals surface area contributed by atoms with Crippen molar-refractivity contribution in [1.29, 1.82) is 0 Å². The van der Waals surface area contributed by atoms with Crippen LogP contribution in [0, 0.1) is 27.1 Å². The van der Waals surface area contributed by atoms with Gasteiger partial charge in [0, 0.05) is 56.4 Å². The molecule has 0 saturated heterocycles. The number of fused-ring (bicyclic) bond motifs is 4. The fourth-order valence-electron chi connectivity index (χ4n) is 11.3. The first-order valence-corrected chi connectivity index (χ1v) is 32.4. The van der Waals surface area contributed by atoms with Crippen LogP contribution in [0.25, 0.3) is 11.1 Å². The number of carbonyl (C=O) groups excluding carboxylic acids is 4. The van der Waals surface area contributed by atoms with Crippen molar-refractivity contribution in [3.63, 3.8) is 0 Å². The molecule has 4 aromatic carbocycles. The van der Waals surface area contributed by atoms with Gasteiger partial charge in [-0.05, 0) is 143 Å². The Hall–Kier alpha value is -7.42. The zero-order chi connectivity index (χ0) is 65.5. The Morgan fingerprint density at radius 1 is 0.315 bits per heavy atom. The van der Waals surface area contributed by atoms with E-state index in [-0.39, 0.29) is 89.2 Å². The van der Waals surface area contributed by atoms with Crippen LogP contribution in [0.1, 0.15) is 279 Å². The van der Waals surface area contributed by atoms with E-state index in [1.807, 2.05) is 0 Å². The largest absolute Gasteiger partial charge is 0.349 e. The third-order valence-corrected chi connectivity index (χ3v) is 18.9. The number of aromatic nitrogens is 6. The van der Waals surface area contributed by atoms with E-state index in [0.29, 0.717) is 46.9 Å². The zero-order valence-corrected chi connectivity index (χ0v) is 57.2. The Labute approximate surface area is 530 Å². The molecule has 0 spiro atoms. The molecule has 2 aromatic heterocycles. The van der Waals surface area contributed by atoms with Crippen LogP contribution >= 0.6 is 0 Å². The number of benzene rings is 4. The number of rotatable bonds is 27. The van der Waals surface area contributed by atoms with Crippen LogP contribution in [-0.2, 0) is 6.42 Å². The number of ketones is 4. The fourth-order valence-corrected chi connectivity index (χ4v) is 11.3. The highest BCUT2D eigenvalue weighted by molar-refractivity contribution is 6.35. The predicted octanol–water partition coefficient (Wildman–Crippen LogP) is 18.4. The van der Waals surface area contributed by atoms with Crippen LogP contribution in [-0.4, -0.2) is 69.7 Å². The van der Waals surface area contributed by atoms with Gasteiger partial charge < -0.3 is 26.6 Å². The second kappa shape index (κ2) is 25.5. The zero-order valence-electron chi connectivity index (χ0n) is 57.2. The molecule has 0 saturated carbocycles. The van der Waals surface area contributed by atoms with E-state index in [1.54, 1.807) is 72.8 Å². The lowest BCUT2D eigenvalue weighted by Gasteiger charge is -2.33. The summed E-state index contributed by atoms with van der Waals surface area (Å²) in [6, 6.07) is 20.5. The molecule has 15 nitrogen and oxygen atoms in total. The summed E-state index contributed by atoms with van der Waals surface area (Å²) in [5.74, 6) is 0.381. The van der Waals surface area contributed by atoms with Gasteiger partial charge in [-0.3, -0.25) is 19.2 Å². The van der Waals surface area contributed by atoms with Crippen molar-refractivity contribution in [2.45, 2.75) is 232 Å². The van der Waals surface area contributed by atoms with Crippen molar-refractivity contribution in [3.8, 4) is 11.1 Å². The van der Waals surface area contributed by atoms with E-state index >= 15 is 19.2 Å². The first-order valence-electron chi connectivity index (χ1n) is 32.4. The molecule has 5 N–H and O–H groups in total. The second-order valence-corrected chi connectivity index (χ2v) is 31.7. The van der Waals surface area contributed by atoms with E-state index < -0.39 is 39.7 Å². The molecule has 0 radical (unpaired) electrons. The van der Waals surface area contributed by atoms with Gasteiger partial charge in [0.15, 0.2) is 23.1 Å². The Morgan fingerprint density at radius 3 is 0.944 bits per heavy atom. The Morgan fingerprint density at radius 2 is 0.607 bits per heavy atom. The molecule has 0 bridgehead atoms. The number of carbonyl (C=O) groups is 4. The second-order valence-electron chi connectivity index (χ2n) is 31.7. The lowest BCUT2D eigenvalue weighted by atomic mass is 9.75. The molecule has 0 aliphatic heterocycles. The molecule has 0 fully saturated rings. The first-order chi connectivity index (χ1) is 41.3. The molecule has 2 aliphatic carbocycles. The Kier molecular flexibility index (Phi) is 19.3. The maximum Gasteiger partial charge on any atom is 0.233 e. The quantitative estimate of drug-likeness (QED) is 0.0325. The standard InChI is InChI=1S/C74H101N11O4/c1-21-68(7,8)38-41-72(15,16)83-64-78-53(44-71(13,14)37-36-67(4,5)6)77-62(79-64)75-51-34-32-45(54-56(51)60(88)49-30-26-24-28-47(49)58(54)86)46-33-35-52(57-55(46)59(87)48-29-25-27-31-50(48)61(57)89)76-63-80-65(84-73(17,18)42-39-69(9,10)22-2)82-66(81-63)85-74(19,20)43-40-70(11,12)23-3/h24-35H,21-23,36-44H2,1-20H3,(H2,75,77,78,79,83)(H3,76,80,81,82,84,85).